The van der Waals surface area contributed by atoms with Gasteiger partial charge in [-0.1, -0.05) is 0 Å². The molecule has 4 rings (SSSR count). The zero-order valence-corrected chi connectivity index (χ0v) is 20.4. The largest absolute Gasteiger partial charge is 0.507 e. The Bertz CT molecular complexity index is 1380. The van der Waals surface area contributed by atoms with Crippen LogP contribution in [0.25, 0.3) is 5.76 Å². The molecular formula is C27H23F2NO7. The highest BCUT2D eigenvalue weighted by Gasteiger charge is 2.47. The van der Waals surface area contributed by atoms with Crippen molar-refractivity contribution in [3.8, 4) is 23.0 Å². The standard InChI is InChI=1S/C27H23F2NO7/c1-34-19-10-7-16(29)13-18(19)24(31)22-23(14-11-20(35-2)26(37-4)21(12-14)36-3)30(27(33)25(22)32)17-8-5-15(28)6-9-17/h5-13,23,31H,1-4H3/b24-22+. The van der Waals surface area contributed by atoms with Gasteiger partial charge in [-0.05, 0) is 60.2 Å². The number of carbonyl (C=O) groups is 2. The number of methoxy groups -OCH3 is 4. The number of nitrogens with zero attached hydrogens (tertiary/aromatic N) is 1. The van der Waals surface area contributed by atoms with Crippen LogP contribution in [0.2, 0.25) is 0 Å². The number of carbonyl (C=O) groups excluding carboxylic acids is 2. The third kappa shape index (κ3) is 4.42. The maximum atomic E-state index is 14.2. The molecule has 10 heteroatoms. The van der Waals surface area contributed by atoms with Gasteiger partial charge in [0.05, 0.1) is 45.6 Å². The van der Waals surface area contributed by atoms with E-state index in [1.807, 2.05) is 0 Å². The molecule has 0 aliphatic carbocycles. The highest BCUT2D eigenvalue weighted by Crippen LogP contribution is 2.47. The molecule has 192 valence electrons. The number of benzene rings is 3. The topological polar surface area (TPSA) is 94.5 Å². The summed E-state index contributed by atoms with van der Waals surface area (Å²) in [4.78, 5) is 27.8. The first kappa shape index (κ1) is 25.5. The second-order valence-corrected chi connectivity index (χ2v) is 7.95. The molecule has 1 fully saturated rings. The van der Waals surface area contributed by atoms with Crippen molar-refractivity contribution in [1.82, 2.24) is 0 Å². The Kier molecular flexibility index (Phi) is 7.01. The van der Waals surface area contributed by atoms with E-state index in [-0.39, 0.29) is 39.8 Å². The normalized spacial score (nSPS) is 16.6. The Hall–Kier alpha value is -4.60. The molecule has 1 aliphatic rings. The molecule has 3 aromatic rings. The minimum atomic E-state index is -1.23. The lowest BCUT2D eigenvalue weighted by Gasteiger charge is -2.26. The number of Topliss-reactive ketones (excluding diaryl/α,β-unsaturated/α-hetero) is 1. The van der Waals surface area contributed by atoms with Gasteiger partial charge in [-0.15, -0.1) is 0 Å². The van der Waals surface area contributed by atoms with E-state index >= 15 is 0 Å². The summed E-state index contributed by atoms with van der Waals surface area (Å²) in [6.07, 6.45) is 0. The van der Waals surface area contributed by atoms with Crippen LogP contribution in [0.4, 0.5) is 14.5 Å². The number of aliphatic hydroxyl groups is 1. The van der Waals surface area contributed by atoms with Crippen LogP contribution in [0.1, 0.15) is 17.2 Å². The first-order chi connectivity index (χ1) is 17.7. The number of ether oxygens (including phenoxy) is 4. The smallest absolute Gasteiger partial charge is 0.300 e. The maximum absolute atomic E-state index is 14.2. The number of rotatable bonds is 7. The van der Waals surface area contributed by atoms with E-state index in [1.165, 1.54) is 58.8 Å². The molecule has 37 heavy (non-hydrogen) atoms. The van der Waals surface area contributed by atoms with E-state index in [0.717, 1.165) is 29.2 Å². The van der Waals surface area contributed by atoms with Crippen molar-refractivity contribution in [2.75, 3.05) is 33.3 Å². The first-order valence-corrected chi connectivity index (χ1v) is 11.0. The third-order valence-corrected chi connectivity index (χ3v) is 5.97. The highest BCUT2D eigenvalue weighted by molar-refractivity contribution is 6.51. The molecule has 1 N–H and O–H groups in total. The van der Waals surface area contributed by atoms with Gasteiger partial charge in [0.1, 0.15) is 23.1 Å². The fourth-order valence-corrected chi connectivity index (χ4v) is 4.29. The summed E-state index contributed by atoms with van der Waals surface area (Å²) < 4.78 is 49.3. The van der Waals surface area contributed by atoms with E-state index in [2.05, 4.69) is 0 Å². The second-order valence-electron chi connectivity index (χ2n) is 7.95. The van der Waals surface area contributed by atoms with Crippen molar-refractivity contribution in [2.24, 2.45) is 0 Å². The van der Waals surface area contributed by atoms with E-state index < -0.39 is 35.1 Å². The van der Waals surface area contributed by atoms with Crippen LogP contribution in [0.3, 0.4) is 0 Å². The summed E-state index contributed by atoms with van der Waals surface area (Å²) in [7, 11) is 5.53. The summed E-state index contributed by atoms with van der Waals surface area (Å²) >= 11 is 0. The average Bonchev–Trinajstić information content (AvgIpc) is 3.17. The van der Waals surface area contributed by atoms with Crippen LogP contribution in [0.15, 0.2) is 60.2 Å². The Labute approximate surface area is 211 Å². The minimum absolute atomic E-state index is 0.0792. The molecule has 0 bridgehead atoms. The van der Waals surface area contributed by atoms with E-state index in [1.54, 1.807) is 0 Å². The molecule has 0 radical (unpaired) electrons. The molecule has 1 amide bonds. The van der Waals surface area contributed by atoms with Gasteiger partial charge in [0.25, 0.3) is 11.7 Å². The van der Waals surface area contributed by atoms with Crippen LogP contribution in [-0.2, 0) is 9.59 Å². The van der Waals surface area contributed by atoms with Gasteiger partial charge in [0, 0.05) is 5.69 Å². The van der Waals surface area contributed by atoms with E-state index in [9.17, 15) is 23.5 Å². The van der Waals surface area contributed by atoms with Crippen molar-refractivity contribution in [1.29, 1.82) is 0 Å². The fraction of sp³-hybridized carbons (Fsp3) is 0.185. The van der Waals surface area contributed by atoms with Gasteiger partial charge in [0.15, 0.2) is 11.5 Å². The van der Waals surface area contributed by atoms with Crippen LogP contribution in [-0.4, -0.2) is 45.2 Å². The molecule has 1 heterocycles. The van der Waals surface area contributed by atoms with Gasteiger partial charge < -0.3 is 24.1 Å². The molecule has 1 unspecified atom stereocenters. The summed E-state index contributed by atoms with van der Waals surface area (Å²) in [5.41, 5.74) is 0.0204. The van der Waals surface area contributed by atoms with Gasteiger partial charge in [-0.25, -0.2) is 8.78 Å². The zero-order valence-electron chi connectivity index (χ0n) is 20.4. The molecular weight excluding hydrogens is 488 g/mol. The predicted octanol–water partition coefficient (Wildman–Crippen LogP) is 4.63. The van der Waals surface area contributed by atoms with Gasteiger partial charge >= 0.3 is 0 Å². The predicted molar refractivity (Wildman–Crippen MR) is 130 cm³/mol. The summed E-state index contributed by atoms with van der Waals surface area (Å²) in [6.45, 7) is 0. The Morgan fingerprint density at radius 1 is 0.784 bits per heavy atom. The van der Waals surface area contributed by atoms with Gasteiger partial charge in [-0.3, -0.25) is 14.5 Å². The quantitative estimate of drug-likeness (QED) is 0.281. The third-order valence-electron chi connectivity index (χ3n) is 5.97. The Morgan fingerprint density at radius 2 is 1.35 bits per heavy atom. The number of hydrogen-bond donors (Lipinski definition) is 1. The molecule has 1 aliphatic heterocycles. The number of ketones is 1. The van der Waals surface area contributed by atoms with Gasteiger partial charge in [0.2, 0.25) is 5.75 Å². The Balaban J connectivity index is 2.05. The van der Waals surface area contributed by atoms with E-state index in [4.69, 9.17) is 18.9 Å². The average molecular weight is 511 g/mol. The molecule has 8 nitrogen and oxygen atoms in total. The summed E-state index contributed by atoms with van der Waals surface area (Å²) in [5, 5.41) is 11.3. The van der Waals surface area contributed by atoms with Crippen LogP contribution < -0.4 is 23.8 Å². The molecule has 0 saturated carbocycles. The number of anilines is 1. The Morgan fingerprint density at radius 3 is 1.89 bits per heavy atom. The lowest BCUT2D eigenvalue weighted by atomic mass is 9.94. The van der Waals surface area contributed by atoms with Gasteiger partial charge in [-0.2, -0.15) is 0 Å². The first-order valence-electron chi connectivity index (χ1n) is 11.0. The van der Waals surface area contributed by atoms with Crippen molar-refractivity contribution < 1.29 is 42.4 Å². The van der Waals surface area contributed by atoms with Crippen molar-refractivity contribution in [2.45, 2.75) is 6.04 Å². The summed E-state index contributed by atoms with van der Waals surface area (Å²) in [5.74, 6) is -3.12. The van der Waals surface area contributed by atoms with Crippen molar-refractivity contribution in [3.05, 3.63) is 82.9 Å². The maximum Gasteiger partial charge on any atom is 0.300 e. The monoisotopic (exact) mass is 511 g/mol. The molecule has 1 atom stereocenters. The number of hydrogen-bond acceptors (Lipinski definition) is 7. The molecule has 1 saturated heterocycles. The van der Waals surface area contributed by atoms with E-state index in [0.29, 0.717) is 5.56 Å². The number of aliphatic hydroxyl groups excluding tert-OH is 1. The van der Waals surface area contributed by atoms with Crippen LogP contribution in [0.5, 0.6) is 23.0 Å². The summed E-state index contributed by atoms with van der Waals surface area (Å²) in [6, 6.07) is 10.1. The number of amides is 1. The molecule has 3 aromatic carbocycles. The van der Waals surface area contributed by atoms with Crippen molar-refractivity contribution >= 4 is 23.1 Å². The lowest BCUT2D eigenvalue weighted by Crippen LogP contribution is -2.29. The molecule has 0 aromatic heterocycles. The zero-order chi connectivity index (χ0) is 26.9. The van der Waals surface area contributed by atoms with Crippen LogP contribution in [0, 0.1) is 11.6 Å². The second kappa shape index (κ2) is 10.2. The SMILES string of the molecule is COc1ccc(F)cc1/C(O)=C1\C(=O)C(=O)N(c2ccc(F)cc2)C1c1cc(OC)c(OC)c(OC)c1. The lowest BCUT2D eigenvalue weighted by molar-refractivity contribution is -0.132. The minimum Gasteiger partial charge on any atom is -0.507 e. The fourth-order valence-electron chi connectivity index (χ4n) is 4.29. The number of halogens is 2. The molecule has 0 spiro atoms. The van der Waals surface area contributed by atoms with Crippen LogP contribution >= 0.6 is 0 Å². The highest BCUT2D eigenvalue weighted by atomic mass is 19.1. The van der Waals surface area contributed by atoms with Crippen molar-refractivity contribution in [3.63, 3.8) is 0 Å².